The van der Waals surface area contributed by atoms with Crippen molar-refractivity contribution in [1.29, 1.82) is 0 Å². The highest BCUT2D eigenvalue weighted by Gasteiger charge is 2.20. The molecule has 1 aliphatic heterocycles. The van der Waals surface area contributed by atoms with E-state index in [-0.39, 0.29) is 24.0 Å². The summed E-state index contributed by atoms with van der Waals surface area (Å²) in [6, 6.07) is 21.5. The van der Waals surface area contributed by atoms with Crippen LogP contribution < -0.4 is 10.6 Å². The van der Waals surface area contributed by atoms with Crippen LogP contribution in [-0.4, -0.2) is 41.5 Å². The molecule has 1 saturated heterocycles. The van der Waals surface area contributed by atoms with Crippen LogP contribution in [-0.2, 0) is 13.1 Å². The van der Waals surface area contributed by atoms with E-state index in [4.69, 9.17) is 9.98 Å². The number of halogens is 1. The number of aromatic nitrogens is 1. The van der Waals surface area contributed by atoms with Crippen LogP contribution in [0, 0.1) is 0 Å². The SMILES string of the molecule is CCNC(=NCc1csc(-c2ccccc2)n1)NC1CCN(Cc2ccccc2)CC1.I. The number of likely N-dealkylation sites (tertiary alicyclic amines) is 1. The molecule has 4 rings (SSSR count). The maximum Gasteiger partial charge on any atom is 0.191 e. The van der Waals surface area contributed by atoms with Crippen molar-refractivity contribution in [3.8, 4) is 10.6 Å². The van der Waals surface area contributed by atoms with Crippen LogP contribution in [0.5, 0.6) is 0 Å². The molecule has 1 aromatic heterocycles. The van der Waals surface area contributed by atoms with Crippen molar-refractivity contribution in [3.05, 3.63) is 77.3 Å². The Morgan fingerprint density at radius 3 is 2.44 bits per heavy atom. The van der Waals surface area contributed by atoms with Gasteiger partial charge in [-0.2, -0.15) is 0 Å². The van der Waals surface area contributed by atoms with E-state index in [2.05, 4.69) is 70.3 Å². The van der Waals surface area contributed by atoms with Gasteiger partial charge in [0.05, 0.1) is 12.2 Å². The third-order valence-corrected chi connectivity index (χ3v) is 6.43. The molecule has 2 aromatic carbocycles. The number of thiazole rings is 1. The van der Waals surface area contributed by atoms with E-state index >= 15 is 0 Å². The predicted molar refractivity (Wildman–Crippen MR) is 146 cm³/mol. The number of nitrogens with zero attached hydrogens (tertiary/aromatic N) is 3. The second kappa shape index (κ2) is 12.9. The molecule has 0 unspecified atom stereocenters. The van der Waals surface area contributed by atoms with Gasteiger partial charge in [0.25, 0.3) is 0 Å². The number of nitrogens with one attached hydrogen (secondary N) is 2. The first-order chi connectivity index (χ1) is 15.3. The fourth-order valence-electron chi connectivity index (χ4n) is 3.84. The lowest BCUT2D eigenvalue weighted by Crippen LogP contribution is -2.48. The van der Waals surface area contributed by atoms with E-state index in [1.807, 2.05) is 18.2 Å². The normalized spacial score (nSPS) is 15.2. The zero-order chi connectivity index (χ0) is 21.3. The Hall–Kier alpha value is -1.97. The number of guanidine groups is 1. The Balaban J connectivity index is 0.00000289. The summed E-state index contributed by atoms with van der Waals surface area (Å²) in [5.74, 6) is 0.887. The lowest BCUT2D eigenvalue weighted by Gasteiger charge is -2.33. The van der Waals surface area contributed by atoms with E-state index < -0.39 is 0 Å². The minimum absolute atomic E-state index is 0. The zero-order valence-corrected chi connectivity index (χ0v) is 21.7. The Bertz CT molecular complexity index is 953. The van der Waals surface area contributed by atoms with Gasteiger partial charge in [-0.05, 0) is 25.3 Å². The minimum Gasteiger partial charge on any atom is -0.357 e. The standard InChI is InChI=1S/C25H31N5S.HI/c1-2-26-25(27-17-23-19-31-24(28-23)21-11-7-4-8-12-21)29-22-13-15-30(16-14-22)18-20-9-5-3-6-10-20;/h3-12,19,22H,2,13-18H2,1H3,(H2,26,27,29);1H. The molecule has 1 aliphatic rings. The number of benzene rings is 2. The summed E-state index contributed by atoms with van der Waals surface area (Å²) in [7, 11) is 0. The van der Waals surface area contributed by atoms with Crippen LogP contribution in [0.2, 0.25) is 0 Å². The molecule has 0 atom stereocenters. The van der Waals surface area contributed by atoms with Crippen molar-refractivity contribution in [3.63, 3.8) is 0 Å². The van der Waals surface area contributed by atoms with E-state index in [0.29, 0.717) is 12.6 Å². The second-order valence-electron chi connectivity index (χ2n) is 7.89. The van der Waals surface area contributed by atoms with Crippen molar-refractivity contribution >= 4 is 41.3 Å². The van der Waals surface area contributed by atoms with E-state index in [1.165, 1.54) is 5.56 Å². The zero-order valence-electron chi connectivity index (χ0n) is 18.5. The maximum atomic E-state index is 4.80. The molecule has 3 aromatic rings. The molecule has 0 bridgehead atoms. The minimum atomic E-state index is 0. The summed E-state index contributed by atoms with van der Waals surface area (Å²) in [6.07, 6.45) is 2.26. The van der Waals surface area contributed by atoms with Crippen LogP contribution in [0.1, 0.15) is 31.0 Å². The molecule has 2 N–H and O–H groups in total. The molecule has 7 heteroatoms. The first-order valence-corrected chi connectivity index (χ1v) is 12.0. The van der Waals surface area contributed by atoms with Gasteiger partial charge in [0.2, 0.25) is 0 Å². The molecular formula is C25H32IN5S. The summed E-state index contributed by atoms with van der Waals surface area (Å²) >= 11 is 1.68. The maximum absolute atomic E-state index is 4.80. The van der Waals surface area contributed by atoms with Crippen molar-refractivity contribution in [1.82, 2.24) is 20.5 Å². The first kappa shape index (κ1) is 24.7. The highest BCUT2D eigenvalue weighted by atomic mass is 127. The molecule has 2 heterocycles. The molecule has 0 spiro atoms. The molecule has 0 amide bonds. The van der Waals surface area contributed by atoms with E-state index in [1.54, 1.807) is 11.3 Å². The third kappa shape index (κ3) is 7.28. The van der Waals surface area contributed by atoms with Gasteiger partial charge in [0, 0.05) is 43.2 Å². The highest BCUT2D eigenvalue weighted by Crippen LogP contribution is 2.23. The number of hydrogen-bond donors (Lipinski definition) is 2. The molecule has 0 aliphatic carbocycles. The van der Waals surface area contributed by atoms with E-state index in [9.17, 15) is 0 Å². The molecule has 1 fully saturated rings. The molecule has 170 valence electrons. The van der Waals surface area contributed by atoms with Gasteiger partial charge in [-0.15, -0.1) is 35.3 Å². The quantitative estimate of drug-likeness (QED) is 0.238. The second-order valence-corrected chi connectivity index (χ2v) is 8.74. The largest absolute Gasteiger partial charge is 0.357 e. The topological polar surface area (TPSA) is 52.6 Å². The summed E-state index contributed by atoms with van der Waals surface area (Å²) in [4.78, 5) is 12.1. The molecule has 0 radical (unpaired) electrons. The number of hydrogen-bond acceptors (Lipinski definition) is 4. The Labute approximate surface area is 212 Å². The van der Waals surface area contributed by atoms with Crippen LogP contribution in [0.25, 0.3) is 10.6 Å². The average molecular weight is 562 g/mol. The number of rotatable bonds is 7. The van der Waals surface area contributed by atoms with Crippen molar-refractivity contribution in [2.45, 2.75) is 38.9 Å². The van der Waals surface area contributed by atoms with E-state index in [0.717, 1.165) is 61.2 Å². The smallest absolute Gasteiger partial charge is 0.191 e. The summed E-state index contributed by atoms with van der Waals surface area (Å²) < 4.78 is 0. The number of aliphatic imine (C=N–C) groups is 1. The lowest BCUT2D eigenvalue weighted by molar-refractivity contribution is 0.198. The van der Waals surface area contributed by atoms with Crippen molar-refractivity contribution < 1.29 is 0 Å². The Morgan fingerprint density at radius 1 is 1.06 bits per heavy atom. The molecular weight excluding hydrogens is 529 g/mol. The average Bonchev–Trinajstić information content (AvgIpc) is 3.29. The lowest BCUT2D eigenvalue weighted by atomic mass is 10.0. The molecule has 0 saturated carbocycles. The summed E-state index contributed by atoms with van der Waals surface area (Å²) in [5.41, 5.74) is 3.57. The van der Waals surface area contributed by atoms with Gasteiger partial charge in [-0.25, -0.2) is 9.98 Å². The molecule has 32 heavy (non-hydrogen) atoms. The molecule has 5 nitrogen and oxygen atoms in total. The van der Waals surface area contributed by atoms with Crippen LogP contribution in [0.15, 0.2) is 71.0 Å². The van der Waals surface area contributed by atoms with Crippen molar-refractivity contribution in [2.24, 2.45) is 4.99 Å². The monoisotopic (exact) mass is 561 g/mol. The van der Waals surface area contributed by atoms with Crippen LogP contribution in [0.3, 0.4) is 0 Å². The third-order valence-electron chi connectivity index (χ3n) is 5.49. The predicted octanol–water partition coefficient (Wildman–Crippen LogP) is 5.15. The summed E-state index contributed by atoms with van der Waals surface area (Å²) in [6.45, 7) is 6.80. The highest BCUT2D eigenvalue weighted by molar-refractivity contribution is 14.0. The van der Waals surface area contributed by atoms with Crippen LogP contribution >= 0.6 is 35.3 Å². The fourth-order valence-corrected chi connectivity index (χ4v) is 4.66. The van der Waals surface area contributed by atoms with Gasteiger partial charge < -0.3 is 10.6 Å². The van der Waals surface area contributed by atoms with Gasteiger partial charge in [-0.3, -0.25) is 4.90 Å². The Morgan fingerprint density at radius 2 is 1.75 bits per heavy atom. The first-order valence-electron chi connectivity index (χ1n) is 11.1. The summed E-state index contributed by atoms with van der Waals surface area (Å²) in [5, 5.41) is 10.2. The van der Waals surface area contributed by atoms with Gasteiger partial charge in [-0.1, -0.05) is 60.7 Å². The van der Waals surface area contributed by atoms with Gasteiger partial charge >= 0.3 is 0 Å². The van der Waals surface area contributed by atoms with Crippen molar-refractivity contribution in [2.75, 3.05) is 19.6 Å². The fraction of sp³-hybridized carbons (Fsp3) is 0.360. The number of piperidine rings is 1. The Kier molecular flexibility index (Phi) is 9.95. The van der Waals surface area contributed by atoms with Crippen LogP contribution in [0.4, 0.5) is 0 Å². The van der Waals surface area contributed by atoms with Gasteiger partial charge in [0.1, 0.15) is 5.01 Å². The van der Waals surface area contributed by atoms with Gasteiger partial charge in [0.15, 0.2) is 5.96 Å².